The summed E-state index contributed by atoms with van der Waals surface area (Å²) >= 11 is 0. The third-order valence-corrected chi connectivity index (χ3v) is 6.83. The minimum atomic E-state index is -3.93. The molecule has 1 heterocycles. The maximum absolute atomic E-state index is 13.0. The van der Waals surface area contributed by atoms with Crippen LogP contribution in [0.5, 0.6) is 0 Å². The van der Waals surface area contributed by atoms with E-state index in [0.717, 1.165) is 29.3 Å². The number of carbonyl (C=O) groups is 1. The summed E-state index contributed by atoms with van der Waals surface area (Å²) in [5, 5.41) is 20.0. The largest absolute Gasteiger partial charge is 0.481 e. The van der Waals surface area contributed by atoms with Crippen LogP contribution in [0.25, 0.3) is 0 Å². The fourth-order valence-corrected chi connectivity index (χ4v) is 4.86. The normalized spacial score (nSPS) is 28.7. The second kappa shape index (κ2) is 6.09. The molecule has 2 fully saturated rings. The van der Waals surface area contributed by atoms with Crippen molar-refractivity contribution in [3.05, 3.63) is 30.1 Å². The minimum Gasteiger partial charge on any atom is -0.481 e. The lowest BCUT2D eigenvalue weighted by Crippen LogP contribution is -2.57. The molecular formula is C16H20FNO5S. The fourth-order valence-electron chi connectivity index (χ4n) is 3.34. The summed E-state index contributed by atoms with van der Waals surface area (Å²) in [5.74, 6) is -1.48. The molecule has 2 aliphatic rings. The van der Waals surface area contributed by atoms with Crippen LogP contribution in [0.2, 0.25) is 0 Å². The van der Waals surface area contributed by atoms with Gasteiger partial charge in [0.05, 0.1) is 11.0 Å². The van der Waals surface area contributed by atoms with Gasteiger partial charge in [-0.2, -0.15) is 4.31 Å². The number of halogens is 1. The number of piperidine rings is 1. The van der Waals surface area contributed by atoms with Gasteiger partial charge < -0.3 is 10.2 Å². The summed E-state index contributed by atoms with van der Waals surface area (Å²) in [6.45, 7) is -0.222. The second-order valence-corrected chi connectivity index (χ2v) is 8.64. The first-order chi connectivity index (χ1) is 11.3. The number of benzene rings is 1. The number of carboxylic acids is 1. The average molecular weight is 357 g/mol. The molecule has 1 aromatic rings. The Hall–Kier alpha value is -1.51. The Morgan fingerprint density at radius 1 is 1.25 bits per heavy atom. The molecule has 0 unspecified atom stereocenters. The van der Waals surface area contributed by atoms with E-state index in [0.29, 0.717) is 0 Å². The number of aliphatic hydroxyl groups excluding tert-OH is 1. The highest BCUT2D eigenvalue weighted by molar-refractivity contribution is 7.89. The summed E-state index contributed by atoms with van der Waals surface area (Å²) in [4.78, 5) is 11.8. The van der Waals surface area contributed by atoms with Crippen LogP contribution in [-0.2, 0) is 14.8 Å². The monoisotopic (exact) mass is 357 g/mol. The average Bonchev–Trinajstić information content (AvgIpc) is 3.33. The molecular weight excluding hydrogens is 337 g/mol. The highest BCUT2D eigenvalue weighted by atomic mass is 32.2. The number of aliphatic carboxylic acids is 1. The Labute approximate surface area is 140 Å². The first-order valence-electron chi connectivity index (χ1n) is 7.93. The first-order valence-corrected chi connectivity index (χ1v) is 9.37. The highest BCUT2D eigenvalue weighted by Crippen LogP contribution is 2.45. The SMILES string of the molecule is O=C(O)[C@@]1(CC2CC2)CN(S(=O)(=O)c2ccc(F)cc2)CC[C@H]1O. The number of sulfonamides is 1. The van der Waals surface area contributed by atoms with E-state index < -0.39 is 33.3 Å². The Morgan fingerprint density at radius 3 is 2.42 bits per heavy atom. The van der Waals surface area contributed by atoms with Gasteiger partial charge in [0.1, 0.15) is 11.2 Å². The van der Waals surface area contributed by atoms with Crippen molar-refractivity contribution in [2.45, 2.75) is 36.7 Å². The number of hydrogen-bond donors (Lipinski definition) is 2. The van der Waals surface area contributed by atoms with E-state index in [1.165, 1.54) is 12.1 Å². The fraction of sp³-hybridized carbons (Fsp3) is 0.562. The van der Waals surface area contributed by atoms with Crippen molar-refractivity contribution in [3.63, 3.8) is 0 Å². The van der Waals surface area contributed by atoms with Gasteiger partial charge in [0.2, 0.25) is 10.0 Å². The molecule has 1 aliphatic heterocycles. The zero-order chi connectivity index (χ0) is 17.5. The van der Waals surface area contributed by atoms with Crippen molar-refractivity contribution in [1.82, 2.24) is 4.31 Å². The van der Waals surface area contributed by atoms with Crippen molar-refractivity contribution in [2.75, 3.05) is 13.1 Å². The van der Waals surface area contributed by atoms with Crippen LogP contribution >= 0.6 is 0 Å². The van der Waals surface area contributed by atoms with Gasteiger partial charge in [0, 0.05) is 13.1 Å². The van der Waals surface area contributed by atoms with Crippen LogP contribution in [0.4, 0.5) is 4.39 Å². The topological polar surface area (TPSA) is 94.9 Å². The highest BCUT2D eigenvalue weighted by Gasteiger charge is 2.53. The maximum atomic E-state index is 13.0. The molecule has 3 rings (SSSR count). The van der Waals surface area contributed by atoms with Crippen molar-refractivity contribution in [2.24, 2.45) is 11.3 Å². The van der Waals surface area contributed by atoms with E-state index in [9.17, 15) is 27.8 Å². The predicted octanol–water partition coefficient (Wildman–Crippen LogP) is 1.45. The summed E-state index contributed by atoms with van der Waals surface area (Å²) in [7, 11) is -3.93. The molecule has 1 aliphatic carbocycles. The van der Waals surface area contributed by atoms with E-state index in [2.05, 4.69) is 0 Å². The number of carboxylic acid groups (broad SMARTS) is 1. The lowest BCUT2D eigenvalue weighted by Gasteiger charge is -2.42. The van der Waals surface area contributed by atoms with E-state index >= 15 is 0 Å². The molecule has 2 N–H and O–H groups in total. The van der Waals surface area contributed by atoms with Crippen LogP contribution in [0, 0.1) is 17.2 Å². The number of hydrogen-bond acceptors (Lipinski definition) is 4. The summed E-state index contributed by atoms with van der Waals surface area (Å²) in [5.41, 5.74) is -1.48. The van der Waals surface area contributed by atoms with Crippen molar-refractivity contribution >= 4 is 16.0 Å². The molecule has 0 amide bonds. The van der Waals surface area contributed by atoms with Crippen LogP contribution in [0.3, 0.4) is 0 Å². The van der Waals surface area contributed by atoms with Gasteiger partial charge >= 0.3 is 5.97 Å². The molecule has 24 heavy (non-hydrogen) atoms. The molecule has 6 nitrogen and oxygen atoms in total. The van der Waals surface area contributed by atoms with Crippen molar-refractivity contribution in [3.8, 4) is 0 Å². The molecule has 0 aromatic heterocycles. The van der Waals surface area contributed by atoms with Crippen LogP contribution in [0.1, 0.15) is 25.7 Å². The molecule has 132 valence electrons. The van der Waals surface area contributed by atoms with E-state index in [4.69, 9.17) is 0 Å². The van der Waals surface area contributed by atoms with Crippen LogP contribution in [-0.4, -0.2) is 48.1 Å². The number of nitrogens with zero attached hydrogens (tertiary/aromatic N) is 1. The van der Waals surface area contributed by atoms with Crippen molar-refractivity contribution < 1.29 is 27.8 Å². The predicted molar refractivity (Wildman–Crippen MR) is 83.2 cm³/mol. The molecule has 0 bridgehead atoms. The Bertz CT molecular complexity index is 731. The quantitative estimate of drug-likeness (QED) is 0.832. The van der Waals surface area contributed by atoms with E-state index in [1.807, 2.05) is 0 Å². The minimum absolute atomic E-state index is 0.0422. The first kappa shape index (κ1) is 17.3. The van der Waals surface area contributed by atoms with Gasteiger partial charge in [-0.25, -0.2) is 12.8 Å². The van der Waals surface area contributed by atoms with Gasteiger partial charge in [0.15, 0.2) is 0 Å². The zero-order valence-electron chi connectivity index (χ0n) is 13.1. The molecule has 8 heteroatoms. The molecule has 1 saturated carbocycles. The maximum Gasteiger partial charge on any atom is 0.313 e. The molecule has 0 spiro atoms. The van der Waals surface area contributed by atoms with E-state index in [-0.39, 0.29) is 36.7 Å². The summed E-state index contributed by atoms with van der Waals surface area (Å²) in [6.07, 6.45) is 1.09. The zero-order valence-corrected chi connectivity index (χ0v) is 13.9. The second-order valence-electron chi connectivity index (χ2n) is 6.71. The van der Waals surface area contributed by atoms with Crippen LogP contribution < -0.4 is 0 Å². The lowest BCUT2D eigenvalue weighted by atomic mass is 9.74. The smallest absolute Gasteiger partial charge is 0.313 e. The molecule has 2 atom stereocenters. The standard InChI is InChI=1S/C16H20FNO5S/c17-12-3-5-13(6-4-12)24(22,23)18-8-7-14(19)16(10-18,15(20)21)9-11-1-2-11/h3-6,11,14,19H,1-2,7-10H2,(H,20,21)/t14-,16+/m1/s1. The Balaban J connectivity index is 1.91. The Kier molecular flexibility index (Phi) is 4.39. The number of rotatable bonds is 5. The van der Waals surface area contributed by atoms with E-state index in [1.54, 1.807) is 0 Å². The van der Waals surface area contributed by atoms with Gasteiger partial charge in [-0.15, -0.1) is 0 Å². The van der Waals surface area contributed by atoms with Gasteiger partial charge in [0.25, 0.3) is 0 Å². The van der Waals surface area contributed by atoms with Crippen LogP contribution in [0.15, 0.2) is 29.2 Å². The third-order valence-electron chi connectivity index (χ3n) is 4.98. The molecule has 1 aromatic carbocycles. The lowest BCUT2D eigenvalue weighted by molar-refractivity contribution is -0.162. The van der Waals surface area contributed by atoms with Gasteiger partial charge in [-0.3, -0.25) is 4.79 Å². The van der Waals surface area contributed by atoms with Gasteiger partial charge in [-0.1, -0.05) is 12.8 Å². The third kappa shape index (κ3) is 3.05. The van der Waals surface area contributed by atoms with Gasteiger partial charge in [-0.05, 0) is 43.0 Å². The summed E-state index contributed by atoms with van der Waals surface area (Å²) in [6, 6.07) is 4.44. The molecule has 1 saturated heterocycles. The van der Waals surface area contributed by atoms with Crippen molar-refractivity contribution in [1.29, 1.82) is 0 Å². The molecule has 0 radical (unpaired) electrons. The summed E-state index contributed by atoms with van der Waals surface area (Å²) < 4.78 is 39.6. The Morgan fingerprint density at radius 2 is 1.88 bits per heavy atom. The number of aliphatic hydroxyl groups is 1.